The number of carbonyl (C=O) groups is 3. The minimum atomic E-state index is -0.780. The molecule has 1 atom stereocenters. The number of likely N-dealkylation sites (N-methyl/N-ethyl adjacent to an activating group) is 2. The first-order valence-electron chi connectivity index (χ1n) is 12.3. The summed E-state index contributed by atoms with van der Waals surface area (Å²) in [6.07, 6.45) is 1.12. The van der Waals surface area contributed by atoms with Gasteiger partial charge in [0.2, 0.25) is 11.8 Å². The van der Waals surface area contributed by atoms with Gasteiger partial charge in [-0.25, -0.2) is 14.8 Å². The molecule has 2 aromatic rings. The highest BCUT2D eigenvalue weighted by Gasteiger charge is 2.39. The summed E-state index contributed by atoms with van der Waals surface area (Å²) in [5.74, 6) is 0.169. The largest absolute Gasteiger partial charge is 0.508 e. The predicted octanol–water partition coefficient (Wildman–Crippen LogP) is 2.67. The van der Waals surface area contributed by atoms with Gasteiger partial charge in [-0.2, -0.15) is 0 Å². The molecule has 1 saturated heterocycles. The minimum Gasteiger partial charge on any atom is -0.508 e. The Morgan fingerprint density at radius 2 is 1.72 bits per heavy atom. The lowest BCUT2D eigenvalue weighted by Crippen LogP contribution is -2.65. The van der Waals surface area contributed by atoms with E-state index in [0.29, 0.717) is 19.0 Å². The van der Waals surface area contributed by atoms with Crippen LogP contribution in [0.5, 0.6) is 5.75 Å². The van der Waals surface area contributed by atoms with Gasteiger partial charge in [-0.1, -0.05) is 56.3 Å². The fourth-order valence-corrected chi connectivity index (χ4v) is 4.06. The van der Waals surface area contributed by atoms with Crippen LogP contribution in [0.2, 0.25) is 0 Å². The summed E-state index contributed by atoms with van der Waals surface area (Å²) in [4.78, 5) is 42.9. The van der Waals surface area contributed by atoms with Crippen molar-refractivity contribution >= 4 is 17.8 Å². The van der Waals surface area contributed by atoms with Gasteiger partial charge in [-0.3, -0.25) is 9.59 Å². The minimum absolute atomic E-state index is 0.0200. The summed E-state index contributed by atoms with van der Waals surface area (Å²) >= 11 is 0. The van der Waals surface area contributed by atoms with Crippen molar-refractivity contribution in [2.75, 3.05) is 33.9 Å². The van der Waals surface area contributed by atoms with Gasteiger partial charge in [0, 0.05) is 33.6 Å². The molecule has 0 saturated carbocycles. The normalized spacial score (nSPS) is 15.2. The number of rotatable bonds is 9. The SMILES string of the molecule is CC(C)CCN(C)C(=O)[C@H](Cc1ccc(O)cc1)N1CN(C(=O)NCc2ccccc2)N(C)CC1=O. The van der Waals surface area contributed by atoms with Crippen molar-refractivity contribution in [3.63, 3.8) is 0 Å². The molecule has 1 heterocycles. The number of nitrogens with one attached hydrogen (secondary N) is 1. The second-order valence-electron chi connectivity index (χ2n) is 9.69. The van der Waals surface area contributed by atoms with Gasteiger partial charge < -0.3 is 20.2 Å². The summed E-state index contributed by atoms with van der Waals surface area (Å²) in [7, 11) is 3.43. The predicted molar refractivity (Wildman–Crippen MR) is 138 cm³/mol. The molecule has 194 valence electrons. The number of nitrogens with zero attached hydrogens (tertiary/aromatic N) is 4. The van der Waals surface area contributed by atoms with Crippen molar-refractivity contribution < 1.29 is 19.5 Å². The van der Waals surface area contributed by atoms with Gasteiger partial charge in [0.1, 0.15) is 18.5 Å². The van der Waals surface area contributed by atoms with E-state index in [0.717, 1.165) is 17.5 Å². The monoisotopic (exact) mass is 495 g/mol. The number of phenolic OH excluding ortho intramolecular Hbond substituents is 1. The molecule has 0 radical (unpaired) electrons. The Balaban J connectivity index is 1.79. The van der Waals surface area contributed by atoms with Crippen LogP contribution in [0.1, 0.15) is 31.4 Å². The second kappa shape index (κ2) is 12.4. The number of benzene rings is 2. The molecule has 0 aromatic heterocycles. The van der Waals surface area contributed by atoms with E-state index in [1.807, 2.05) is 30.3 Å². The van der Waals surface area contributed by atoms with Crippen LogP contribution in [0.4, 0.5) is 4.79 Å². The zero-order chi connectivity index (χ0) is 26.2. The number of carbonyl (C=O) groups excluding carboxylic acids is 3. The highest BCUT2D eigenvalue weighted by Crippen LogP contribution is 2.19. The molecule has 9 nitrogen and oxygen atoms in total. The molecule has 0 aliphatic carbocycles. The Hall–Kier alpha value is -3.59. The molecule has 2 aromatic carbocycles. The Morgan fingerprint density at radius 1 is 1.06 bits per heavy atom. The van der Waals surface area contributed by atoms with Crippen molar-refractivity contribution in [1.29, 1.82) is 0 Å². The van der Waals surface area contributed by atoms with Crippen molar-refractivity contribution in [2.24, 2.45) is 5.92 Å². The third kappa shape index (κ3) is 7.21. The molecular weight excluding hydrogens is 458 g/mol. The van der Waals surface area contributed by atoms with Crippen molar-refractivity contribution in [3.8, 4) is 5.75 Å². The molecule has 0 spiro atoms. The Labute approximate surface area is 213 Å². The van der Waals surface area contributed by atoms with E-state index in [2.05, 4.69) is 19.2 Å². The van der Waals surface area contributed by atoms with E-state index < -0.39 is 6.04 Å². The number of hydrogen-bond acceptors (Lipinski definition) is 5. The molecule has 1 aliphatic rings. The fourth-order valence-electron chi connectivity index (χ4n) is 4.06. The summed E-state index contributed by atoms with van der Waals surface area (Å²) in [6, 6.07) is 15.1. The van der Waals surface area contributed by atoms with E-state index >= 15 is 0 Å². The zero-order valence-electron chi connectivity index (χ0n) is 21.6. The highest BCUT2D eigenvalue weighted by molar-refractivity contribution is 5.89. The quantitative estimate of drug-likeness (QED) is 0.558. The molecule has 0 bridgehead atoms. The maximum Gasteiger partial charge on any atom is 0.333 e. The molecule has 3 rings (SSSR count). The molecule has 36 heavy (non-hydrogen) atoms. The third-order valence-corrected chi connectivity index (χ3v) is 6.35. The van der Waals surface area contributed by atoms with E-state index in [1.165, 1.54) is 9.91 Å². The number of hydrogen-bond donors (Lipinski definition) is 2. The van der Waals surface area contributed by atoms with Gasteiger partial charge in [-0.05, 0) is 35.6 Å². The van der Waals surface area contributed by atoms with Crippen LogP contribution in [0.15, 0.2) is 54.6 Å². The maximum atomic E-state index is 13.6. The number of aromatic hydroxyl groups is 1. The number of phenols is 1. The van der Waals surface area contributed by atoms with Crippen LogP contribution in [0.3, 0.4) is 0 Å². The van der Waals surface area contributed by atoms with E-state index in [9.17, 15) is 19.5 Å². The molecule has 2 N–H and O–H groups in total. The van der Waals surface area contributed by atoms with Crippen LogP contribution < -0.4 is 5.32 Å². The van der Waals surface area contributed by atoms with Crippen LogP contribution in [0, 0.1) is 5.92 Å². The summed E-state index contributed by atoms with van der Waals surface area (Å²) < 4.78 is 0. The van der Waals surface area contributed by atoms with Gasteiger partial charge in [0.05, 0.1) is 6.54 Å². The first kappa shape index (κ1) is 27.0. The lowest BCUT2D eigenvalue weighted by atomic mass is 10.0. The van der Waals surface area contributed by atoms with Crippen LogP contribution in [-0.4, -0.2) is 82.7 Å². The third-order valence-electron chi connectivity index (χ3n) is 6.35. The highest BCUT2D eigenvalue weighted by atomic mass is 16.3. The average Bonchev–Trinajstić information content (AvgIpc) is 2.86. The average molecular weight is 496 g/mol. The van der Waals surface area contributed by atoms with Crippen LogP contribution >= 0.6 is 0 Å². The number of hydrazine groups is 1. The van der Waals surface area contributed by atoms with Gasteiger partial charge in [-0.15, -0.1) is 0 Å². The first-order valence-corrected chi connectivity index (χ1v) is 12.3. The lowest BCUT2D eigenvalue weighted by Gasteiger charge is -2.44. The molecular formula is C27H37N5O4. The summed E-state index contributed by atoms with van der Waals surface area (Å²) in [5, 5.41) is 15.6. The molecule has 4 amide bonds. The lowest BCUT2D eigenvalue weighted by molar-refractivity contribution is -0.160. The molecule has 1 fully saturated rings. The Bertz CT molecular complexity index is 1030. The van der Waals surface area contributed by atoms with Crippen molar-refractivity contribution in [1.82, 2.24) is 25.1 Å². The maximum absolute atomic E-state index is 13.6. The van der Waals surface area contributed by atoms with Crippen LogP contribution in [0.25, 0.3) is 0 Å². The number of urea groups is 1. The zero-order valence-corrected chi connectivity index (χ0v) is 21.6. The molecule has 1 aliphatic heterocycles. The summed E-state index contributed by atoms with van der Waals surface area (Å²) in [6.45, 7) is 5.07. The van der Waals surface area contributed by atoms with Gasteiger partial charge in [0.25, 0.3) is 0 Å². The number of amides is 4. The molecule has 0 unspecified atom stereocenters. The molecule has 9 heteroatoms. The van der Waals surface area contributed by atoms with Crippen molar-refractivity contribution in [3.05, 3.63) is 65.7 Å². The van der Waals surface area contributed by atoms with Gasteiger partial charge >= 0.3 is 6.03 Å². The van der Waals surface area contributed by atoms with Crippen LogP contribution in [-0.2, 0) is 22.6 Å². The topological polar surface area (TPSA) is 96.4 Å². The van der Waals surface area contributed by atoms with Crippen molar-refractivity contribution in [2.45, 2.75) is 39.3 Å². The Morgan fingerprint density at radius 3 is 2.36 bits per heavy atom. The van der Waals surface area contributed by atoms with E-state index in [4.69, 9.17) is 0 Å². The second-order valence-corrected chi connectivity index (χ2v) is 9.69. The summed E-state index contributed by atoms with van der Waals surface area (Å²) in [5.41, 5.74) is 1.78. The first-order chi connectivity index (χ1) is 17.2. The Kier molecular flexibility index (Phi) is 9.30. The van der Waals surface area contributed by atoms with E-state index in [-0.39, 0.29) is 43.2 Å². The van der Waals surface area contributed by atoms with Gasteiger partial charge in [0.15, 0.2) is 0 Å². The smallest absolute Gasteiger partial charge is 0.333 e. The standard InChI is InChI=1S/C27H37N5O4/c1-20(2)14-15-29(3)26(35)24(16-21-10-12-23(33)13-11-21)31-19-32(30(4)18-25(31)34)27(36)28-17-22-8-6-5-7-9-22/h5-13,20,24,33H,14-19H2,1-4H3,(H,28,36)/t24-/m0/s1. The van der Waals surface area contributed by atoms with E-state index in [1.54, 1.807) is 48.3 Å². The fraction of sp³-hybridized carbons (Fsp3) is 0.444.